The van der Waals surface area contributed by atoms with Gasteiger partial charge in [0.2, 0.25) is 0 Å². The number of carbonyl (C=O) groups is 1. The molecule has 0 bridgehead atoms. The van der Waals surface area contributed by atoms with Gasteiger partial charge in [0, 0.05) is 43.7 Å². The number of ether oxygens (including phenoxy) is 1. The normalized spacial score (nSPS) is 18.3. The number of methoxy groups -OCH3 is 1. The third-order valence-corrected chi connectivity index (χ3v) is 5.98. The van der Waals surface area contributed by atoms with Gasteiger partial charge in [0.15, 0.2) is 9.84 Å². The molecule has 10 nitrogen and oxygen atoms in total. The van der Waals surface area contributed by atoms with Gasteiger partial charge in [-0.05, 0) is 18.6 Å². The van der Waals surface area contributed by atoms with Gasteiger partial charge in [-0.1, -0.05) is 0 Å². The fraction of sp³-hybridized carbons (Fsp3) is 0.412. The number of carbonyl (C=O) groups excluding carboxylic acids is 1. The van der Waals surface area contributed by atoms with Gasteiger partial charge in [0.05, 0.1) is 23.0 Å². The highest BCUT2D eigenvalue weighted by atomic mass is 32.2. The predicted octanol–water partition coefficient (Wildman–Crippen LogP) is 1.08. The minimum Gasteiger partial charge on any atom is -0.383 e. The third kappa shape index (κ3) is 5.77. The van der Waals surface area contributed by atoms with Crippen LogP contribution in [0.15, 0.2) is 36.0 Å². The van der Waals surface area contributed by atoms with E-state index in [2.05, 4.69) is 5.32 Å². The SMILES string of the molecule is COCCN(/C=C(/C#N)C(=O)Nc1ccc([N+](=O)[O-])cc1)C1CCS(=O)(=O)C1. The highest BCUT2D eigenvalue weighted by molar-refractivity contribution is 7.91. The van der Waals surface area contributed by atoms with Gasteiger partial charge < -0.3 is 15.0 Å². The number of amides is 1. The predicted molar refractivity (Wildman–Crippen MR) is 101 cm³/mol. The Morgan fingerprint density at radius 1 is 1.46 bits per heavy atom. The molecule has 1 aliphatic rings. The van der Waals surface area contributed by atoms with E-state index in [1.807, 2.05) is 6.07 Å². The Hall–Kier alpha value is -2.97. The summed E-state index contributed by atoms with van der Waals surface area (Å²) in [6, 6.07) is 6.66. The Labute approximate surface area is 162 Å². The van der Waals surface area contributed by atoms with Gasteiger partial charge in [-0.2, -0.15) is 5.26 Å². The maximum absolute atomic E-state index is 12.4. The van der Waals surface area contributed by atoms with Crippen LogP contribution in [0.1, 0.15) is 6.42 Å². The summed E-state index contributed by atoms with van der Waals surface area (Å²) in [4.78, 5) is 24.2. The molecule has 1 atom stereocenters. The lowest BCUT2D eigenvalue weighted by atomic mass is 10.2. The van der Waals surface area contributed by atoms with Crippen LogP contribution in [0.25, 0.3) is 0 Å². The molecule has 1 heterocycles. The zero-order chi connectivity index (χ0) is 20.7. The first-order chi connectivity index (χ1) is 13.3. The summed E-state index contributed by atoms with van der Waals surface area (Å²) < 4.78 is 28.5. The van der Waals surface area contributed by atoms with Crippen molar-refractivity contribution < 1.29 is 22.9 Å². The van der Waals surface area contributed by atoms with Crippen LogP contribution in [-0.4, -0.2) is 62.0 Å². The summed E-state index contributed by atoms with van der Waals surface area (Å²) in [6.07, 6.45) is 1.75. The molecular formula is C17H20N4O6S. The number of hydrogen-bond donors (Lipinski definition) is 1. The second-order valence-electron chi connectivity index (χ2n) is 6.20. The first kappa shape index (κ1) is 21.3. The number of non-ortho nitro benzene ring substituents is 1. The number of nitro benzene ring substituents is 1. The van der Waals surface area contributed by atoms with E-state index in [1.54, 1.807) is 4.90 Å². The van der Waals surface area contributed by atoms with Crippen LogP contribution in [0, 0.1) is 21.4 Å². The van der Waals surface area contributed by atoms with Crippen molar-refractivity contribution in [1.82, 2.24) is 4.90 Å². The molecule has 11 heteroatoms. The molecule has 1 N–H and O–H groups in total. The van der Waals surface area contributed by atoms with Crippen molar-refractivity contribution in [1.29, 1.82) is 5.26 Å². The van der Waals surface area contributed by atoms with Gasteiger partial charge in [-0.25, -0.2) is 8.42 Å². The topological polar surface area (TPSA) is 143 Å². The standard InChI is InChI=1S/C17H20N4O6S/c1-27-8-7-20(16-6-9-28(25,26)12-16)11-13(10-18)17(22)19-14-2-4-15(5-3-14)21(23)24/h2-5,11,16H,6-9,12H2,1H3,(H,19,22)/b13-11-. The molecule has 1 fully saturated rings. The molecule has 28 heavy (non-hydrogen) atoms. The molecule has 2 rings (SSSR count). The molecule has 1 aliphatic heterocycles. The summed E-state index contributed by atoms with van der Waals surface area (Å²) in [5.41, 5.74) is -0.0374. The molecule has 1 amide bonds. The fourth-order valence-electron chi connectivity index (χ4n) is 2.76. The highest BCUT2D eigenvalue weighted by Gasteiger charge is 2.31. The lowest BCUT2D eigenvalue weighted by Gasteiger charge is -2.26. The molecule has 0 aromatic heterocycles. The van der Waals surface area contributed by atoms with Crippen molar-refractivity contribution in [2.24, 2.45) is 0 Å². The lowest BCUT2D eigenvalue weighted by molar-refractivity contribution is -0.384. The van der Waals surface area contributed by atoms with Crippen LogP contribution >= 0.6 is 0 Å². The summed E-state index contributed by atoms with van der Waals surface area (Å²) in [5.74, 6) is -0.679. The van der Waals surface area contributed by atoms with E-state index >= 15 is 0 Å². The smallest absolute Gasteiger partial charge is 0.269 e. The van der Waals surface area contributed by atoms with Crippen molar-refractivity contribution in [3.8, 4) is 6.07 Å². The van der Waals surface area contributed by atoms with Crippen molar-refractivity contribution >= 4 is 27.1 Å². The van der Waals surface area contributed by atoms with Gasteiger partial charge in [-0.3, -0.25) is 14.9 Å². The minimum absolute atomic E-state index is 0.0457. The van der Waals surface area contributed by atoms with Gasteiger partial charge >= 0.3 is 0 Å². The Morgan fingerprint density at radius 3 is 2.64 bits per heavy atom. The Morgan fingerprint density at radius 2 is 2.14 bits per heavy atom. The monoisotopic (exact) mass is 408 g/mol. The molecule has 0 radical (unpaired) electrons. The minimum atomic E-state index is -3.14. The molecule has 1 unspecified atom stereocenters. The Balaban J connectivity index is 2.16. The number of nitrogens with zero attached hydrogens (tertiary/aromatic N) is 3. The van der Waals surface area contributed by atoms with Crippen LogP contribution in [0.2, 0.25) is 0 Å². The number of nitrogens with one attached hydrogen (secondary N) is 1. The number of anilines is 1. The molecule has 150 valence electrons. The summed E-state index contributed by atoms with van der Waals surface area (Å²) in [5, 5.41) is 22.5. The van der Waals surface area contributed by atoms with Crippen molar-refractivity contribution in [3.63, 3.8) is 0 Å². The summed E-state index contributed by atoms with van der Waals surface area (Å²) >= 11 is 0. The lowest BCUT2D eigenvalue weighted by Crippen LogP contribution is -2.35. The fourth-order valence-corrected chi connectivity index (χ4v) is 4.50. The number of nitro groups is 1. The average molecular weight is 408 g/mol. The average Bonchev–Trinajstić information content (AvgIpc) is 3.02. The van der Waals surface area contributed by atoms with Gasteiger partial charge in [-0.15, -0.1) is 0 Å². The first-order valence-electron chi connectivity index (χ1n) is 8.38. The molecule has 1 aromatic carbocycles. The van der Waals surface area contributed by atoms with Crippen molar-refractivity contribution in [2.75, 3.05) is 37.1 Å². The van der Waals surface area contributed by atoms with Crippen molar-refractivity contribution in [3.05, 3.63) is 46.2 Å². The molecular weight excluding hydrogens is 388 g/mol. The van der Waals surface area contributed by atoms with Crippen molar-refractivity contribution in [2.45, 2.75) is 12.5 Å². The second kappa shape index (κ2) is 9.29. The van der Waals surface area contributed by atoms with Gasteiger partial charge in [0.1, 0.15) is 11.6 Å². The number of hydrogen-bond acceptors (Lipinski definition) is 8. The van der Waals surface area contributed by atoms with E-state index in [0.29, 0.717) is 25.3 Å². The summed E-state index contributed by atoms with van der Waals surface area (Å²) in [6.45, 7) is 0.627. The Bertz CT molecular complexity index is 905. The van der Waals surface area contributed by atoms with E-state index < -0.39 is 20.7 Å². The largest absolute Gasteiger partial charge is 0.383 e. The van der Waals surface area contributed by atoms with E-state index in [9.17, 15) is 28.6 Å². The number of rotatable bonds is 8. The van der Waals surface area contributed by atoms with Crippen LogP contribution in [0.4, 0.5) is 11.4 Å². The van der Waals surface area contributed by atoms with Crippen LogP contribution in [0.5, 0.6) is 0 Å². The van der Waals surface area contributed by atoms with E-state index in [-0.39, 0.29) is 28.8 Å². The van der Waals surface area contributed by atoms with E-state index in [0.717, 1.165) is 0 Å². The molecule has 1 aromatic rings. The Kier molecular flexibility index (Phi) is 7.08. The zero-order valence-electron chi connectivity index (χ0n) is 15.2. The number of benzene rings is 1. The maximum atomic E-state index is 12.4. The van der Waals surface area contributed by atoms with E-state index in [4.69, 9.17) is 4.74 Å². The summed E-state index contributed by atoms with van der Waals surface area (Å²) in [7, 11) is -1.64. The van der Waals surface area contributed by atoms with E-state index in [1.165, 1.54) is 37.6 Å². The van der Waals surface area contributed by atoms with Crippen LogP contribution < -0.4 is 5.32 Å². The second-order valence-corrected chi connectivity index (χ2v) is 8.43. The third-order valence-electron chi connectivity index (χ3n) is 4.23. The molecule has 0 aliphatic carbocycles. The first-order valence-corrected chi connectivity index (χ1v) is 10.2. The number of sulfone groups is 1. The zero-order valence-corrected chi connectivity index (χ0v) is 16.0. The van der Waals surface area contributed by atoms with Gasteiger partial charge in [0.25, 0.3) is 11.6 Å². The molecule has 0 spiro atoms. The quantitative estimate of drug-likeness (QED) is 0.291. The molecule has 0 saturated carbocycles. The highest BCUT2D eigenvalue weighted by Crippen LogP contribution is 2.20. The number of nitriles is 1. The van der Waals surface area contributed by atoms with Crippen LogP contribution in [0.3, 0.4) is 0 Å². The van der Waals surface area contributed by atoms with Crippen LogP contribution in [-0.2, 0) is 19.4 Å². The molecule has 1 saturated heterocycles. The maximum Gasteiger partial charge on any atom is 0.269 e.